The van der Waals surface area contributed by atoms with Gasteiger partial charge in [0.25, 0.3) is 0 Å². The van der Waals surface area contributed by atoms with Crippen LogP contribution in [-0.2, 0) is 21.2 Å². The molecule has 3 amide bonds. The number of benzene rings is 1. The molecule has 1 saturated carbocycles. The fourth-order valence-corrected chi connectivity index (χ4v) is 2.82. The molecule has 0 saturated heterocycles. The summed E-state index contributed by atoms with van der Waals surface area (Å²) in [5.41, 5.74) is 0.901. The summed E-state index contributed by atoms with van der Waals surface area (Å²) in [4.78, 5) is 25.0. The second-order valence-electron chi connectivity index (χ2n) is 6.12. The number of rotatable bonds is 8. The third kappa shape index (κ3) is 6.71. The van der Waals surface area contributed by atoms with Crippen molar-refractivity contribution in [1.29, 1.82) is 0 Å². The van der Waals surface area contributed by atoms with E-state index >= 15 is 0 Å². The van der Waals surface area contributed by atoms with E-state index in [0.717, 1.165) is 18.4 Å². The number of urea groups is 1. The van der Waals surface area contributed by atoms with Gasteiger partial charge < -0.3 is 15.5 Å². The van der Waals surface area contributed by atoms with E-state index in [0.29, 0.717) is 32.1 Å². The molecule has 1 aromatic rings. The number of sulfonamides is 1. The highest BCUT2D eigenvalue weighted by molar-refractivity contribution is 7.89. The number of nitrogens with one attached hydrogen (secondary N) is 2. The molecule has 1 aromatic carbocycles. The lowest BCUT2D eigenvalue weighted by Crippen LogP contribution is -2.42. The summed E-state index contributed by atoms with van der Waals surface area (Å²) in [5, 5.41) is 10.6. The Balaban J connectivity index is 1.78. The Labute approximate surface area is 147 Å². The van der Waals surface area contributed by atoms with E-state index in [1.165, 1.54) is 19.1 Å². The summed E-state index contributed by atoms with van der Waals surface area (Å²) in [6.45, 7) is 2.76. The molecule has 138 valence electrons. The first kappa shape index (κ1) is 19.2. The topological polar surface area (TPSA) is 122 Å². The number of nitrogens with zero attached hydrogens (tertiary/aromatic N) is 1. The second-order valence-corrected chi connectivity index (χ2v) is 7.68. The second kappa shape index (κ2) is 8.30. The predicted molar refractivity (Wildman–Crippen MR) is 93.3 cm³/mol. The summed E-state index contributed by atoms with van der Waals surface area (Å²) < 4.78 is 22.5. The molecule has 8 nitrogen and oxygen atoms in total. The number of nitrogens with two attached hydrogens (primary N) is 1. The van der Waals surface area contributed by atoms with Crippen LogP contribution in [-0.4, -0.2) is 50.9 Å². The molecule has 1 aliphatic carbocycles. The van der Waals surface area contributed by atoms with E-state index in [4.69, 9.17) is 5.14 Å². The maximum atomic E-state index is 11.7. The summed E-state index contributed by atoms with van der Waals surface area (Å²) >= 11 is 0. The van der Waals surface area contributed by atoms with Crippen LogP contribution in [0.15, 0.2) is 29.2 Å². The van der Waals surface area contributed by atoms with Gasteiger partial charge in [0.15, 0.2) is 0 Å². The molecule has 0 unspecified atom stereocenters. The van der Waals surface area contributed by atoms with Crippen LogP contribution in [0.2, 0.25) is 0 Å². The van der Waals surface area contributed by atoms with Gasteiger partial charge in [-0.25, -0.2) is 18.4 Å². The third-order valence-electron chi connectivity index (χ3n) is 3.95. The van der Waals surface area contributed by atoms with Crippen molar-refractivity contribution in [1.82, 2.24) is 15.5 Å². The minimum absolute atomic E-state index is 0.0607. The number of carbonyl (C=O) groups is 2. The Kier molecular flexibility index (Phi) is 6.38. The molecule has 9 heteroatoms. The van der Waals surface area contributed by atoms with Crippen molar-refractivity contribution in [2.75, 3.05) is 19.6 Å². The SMILES string of the molecule is CC(=O)N(CCNC(=O)NC1CC1)CCc1ccc(S(N)(=O)=O)cc1. The van der Waals surface area contributed by atoms with Crippen LogP contribution in [0.3, 0.4) is 0 Å². The van der Waals surface area contributed by atoms with E-state index in [1.807, 2.05) is 0 Å². The van der Waals surface area contributed by atoms with Crippen molar-refractivity contribution in [2.24, 2.45) is 5.14 Å². The average Bonchev–Trinajstić information content (AvgIpc) is 3.33. The minimum Gasteiger partial charge on any atom is -0.341 e. The van der Waals surface area contributed by atoms with Crippen LogP contribution in [0.25, 0.3) is 0 Å². The molecule has 4 N–H and O–H groups in total. The van der Waals surface area contributed by atoms with E-state index in [9.17, 15) is 18.0 Å². The van der Waals surface area contributed by atoms with Gasteiger partial charge in [0.1, 0.15) is 0 Å². The normalized spacial score (nSPS) is 14.0. The highest BCUT2D eigenvalue weighted by atomic mass is 32.2. The van der Waals surface area contributed by atoms with Crippen LogP contribution in [0.5, 0.6) is 0 Å². The molecule has 0 radical (unpaired) electrons. The molecular formula is C16H24N4O4S. The number of amides is 3. The fraction of sp³-hybridized carbons (Fsp3) is 0.500. The summed E-state index contributed by atoms with van der Waals surface area (Å²) in [7, 11) is -3.70. The van der Waals surface area contributed by atoms with Crippen molar-refractivity contribution in [2.45, 2.75) is 37.1 Å². The highest BCUT2D eigenvalue weighted by Gasteiger charge is 2.23. The summed E-state index contributed by atoms with van der Waals surface area (Å²) in [6, 6.07) is 6.35. The van der Waals surface area contributed by atoms with Gasteiger partial charge in [0, 0.05) is 32.6 Å². The molecule has 0 heterocycles. The Morgan fingerprint density at radius 1 is 1.20 bits per heavy atom. The fourth-order valence-electron chi connectivity index (χ4n) is 2.31. The lowest BCUT2D eigenvalue weighted by Gasteiger charge is -2.21. The zero-order valence-corrected chi connectivity index (χ0v) is 15.0. The molecule has 0 aromatic heterocycles. The Hall–Kier alpha value is -2.13. The van der Waals surface area contributed by atoms with Crippen molar-refractivity contribution >= 4 is 22.0 Å². The van der Waals surface area contributed by atoms with Crippen LogP contribution in [0.1, 0.15) is 25.3 Å². The first-order valence-corrected chi connectivity index (χ1v) is 9.72. The molecule has 2 rings (SSSR count). The standard InChI is InChI=1S/C16H24N4O4S/c1-12(21)20(11-9-18-16(22)19-14-4-5-14)10-8-13-2-6-15(7-3-13)25(17,23)24/h2-3,6-7,14H,4-5,8-11H2,1H3,(H2,17,23,24)(H2,18,19,22). The first-order valence-electron chi connectivity index (χ1n) is 8.17. The van der Waals surface area contributed by atoms with Gasteiger partial charge in [0.05, 0.1) is 4.90 Å². The lowest BCUT2D eigenvalue weighted by atomic mass is 10.1. The van der Waals surface area contributed by atoms with Gasteiger partial charge in [-0.1, -0.05) is 12.1 Å². The molecular weight excluding hydrogens is 344 g/mol. The van der Waals surface area contributed by atoms with Crippen molar-refractivity contribution in [3.05, 3.63) is 29.8 Å². The molecule has 0 aliphatic heterocycles. The maximum Gasteiger partial charge on any atom is 0.315 e. The van der Waals surface area contributed by atoms with Crippen LogP contribution in [0.4, 0.5) is 4.79 Å². The maximum absolute atomic E-state index is 11.7. The molecule has 0 atom stereocenters. The third-order valence-corrected chi connectivity index (χ3v) is 4.88. The summed E-state index contributed by atoms with van der Waals surface area (Å²) in [5.74, 6) is -0.0782. The Bertz CT molecular complexity index is 714. The van der Waals surface area contributed by atoms with Gasteiger partial charge in [-0.05, 0) is 37.0 Å². The molecule has 25 heavy (non-hydrogen) atoms. The minimum atomic E-state index is -3.70. The van der Waals surface area contributed by atoms with Gasteiger partial charge in [-0.2, -0.15) is 0 Å². The van der Waals surface area contributed by atoms with Gasteiger partial charge in [-0.3, -0.25) is 4.79 Å². The zero-order valence-electron chi connectivity index (χ0n) is 14.2. The average molecular weight is 368 g/mol. The van der Waals surface area contributed by atoms with Crippen molar-refractivity contribution < 1.29 is 18.0 Å². The van der Waals surface area contributed by atoms with E-state index in [-0.39, 0.29) is 16.8 Å². The largest absolute Gasteiger partial charge is 0.341 e. The molecule has 0 spiro atoms. The number of carbonyl (C=O) groups excluding carboxylic acids is 2. The number of hydrogen-bond acceptors (Lipinski definition) is 4. The van der Waals surface area contributed by atoms with E-state index in [1.54, 1.807) is 17.0 Å². The number of hydrogen-bond donors (Lipinski definition) is 3. The van der Waals surface area contributed by atoms with E-state index in [2.05, 4.69) is 10.6 Å². The summed E-state index contributed by atoms with van der Waals surface area (Å²) in [6.07, 6.45) is 2.63. The van der Waals surface area contributed by atoms with Gasteiger partial charge in [-0.15, -0.1) is 0 Å². The smallest absolute Gasteiger partial charge is 0.315 e. The van der Waals surface area contributed by atoms with Crippen LogP contribution in [0, 0.1) is 0 Å². The van der Waals surface area contributed by atoms with Gasteiger partial charge >= 0.3 is 6.03 Å². The van der Waals surface area contributed by atoms with Crippen LogP contribution >= 0.6 is 0 Å². The zero-order chi connectivity index (χ0) is 18.4. The molecule has 1 fully saturated rings. The first-order chi connectivity index (χ1) is 11.8. The van der Waals surface area contributed by atoms with Crippen molar-refractivity contribution in [3.63, 3.8) is 0 Å². The van der Waals surface area contributed by atoms with Gasteiger partial charge in [0.2, 0.25) is 15.9 Å². The van der Waals surface area contributed by atoms with E-state index < -0.39 is 10.0 Å². The quantitative estimate of drug-likeness (QED) is 0.606. The Morgan fingerprint density at radius 2 is 1.84 bits per heavy atom. The highest BCUT2D eigenvalue weighted by Crippen LogP contribution is 2.18. The molecule has 0 bridgehead atoms. The monoisotopic (exact) mass is 368 g/mol. The number of primary sulfonamides is 1. The predicted octanol–water partition coefficient (Wildman–Crippen LogP) is 0.187. The Morgan fingerprint density at radius 3 is 2.36 bits per heavy atom. The molecule has 1 aliphatic rings. The lowest BCUT2D eigenvalue weighted by molar-refractivity contribution is -0.128. The van der Waals surface area contributed by atoms with Crippen LogP contribution < -0.4 is 15.8 Å². The van der Waals surface area contributed by atoms with Crippen molar-refractivity contribution in [3.8, 4) is 0 Å².